The molecule has 0 unspecified atom stereocenters. The van der Waals surface area contributed by atoms with Crippen LogP contribution in [0.5, 0.6) is 0 Å². The Morgan fingerprint density at radius 1 is 0.875 bits per heavy atom. The first kappa shape index (κ1) is 17.7. The van der Waals surface area contributed by atoms with Gasteiger partial charge in [0.25, 0.3) is 0 Å². The largest absolute Gasteiger partial charge is 0.158 e. The Kier molecular flexibility index (Phi) is 4.88. The van der Waals surface area contributed by atoms with Crippen molar-refractivity contribution in [3.63, 3.8) is 0 Å². The molecule has 126 valence electrons. The summed E-state index contributed by atoms with van der Waals surface area (Å²) in [6.07, 6.45) is 3.56. The molecular weight excluding hydrogens is 307 g/mol. The zero-order chi connectivity index (χ0) is 17.4. The summed E-state index contributed by atoms with van der Waals surface area (Å²) in [6, 6.07) is 16.0. The number of hydrogen-bond acceptors (Lipinski definition) is 1. The number of hydrogen-bond donors (Lipinski definition) is 0. The van der Waals surface area contributed by atoms with Crippen molar-refractivity contribution in [2.75, 3.05) is 0 Å². The van der Waals surface area contributed by atoms with Crippen LogP contribution >= 0.6 is 11.8 Å². The highest BCUT2D eigenvalue weighted by molar-refractivity contribution is 7.99. The summed E-state index contributed by atoms with van der Waals surface area (Å²) < 4.78 is 0. The molecule has 0 radical (unpaired) electrons. The first-order valence-electron chi connectivity index (χ1n) is 9.14. The first-order chi connectivity index (χ1) is 11.3. The van der Waals surface area contributed by atoms with Crippen LogP contribution in [0.15, 0.2) is 52.3 Å². The van der Waals surface area contributed by atoms with Crippen molar-refractivity contribution in [2.24, 2.45) is 10.8 Å². The zero-order valence-electron chi connectivity index (χ0n) is 15.8. The molecule has 0 aliphatic carbocycles. The fourth-order valence-corrected chi connectivity index (χ4v) is 4.23. The summed E-state index contributed by atoms with van der Waals surface area (Å²) in [5.74, 6) is 0. The van der Waals surface area contributed by atoms with Gasteiger partial charge in [-0.25, -0.2) is 0 Å². The fourth-order valence-electron chi connectivity index (χ4n) is 3.11. The second-order valence-electron chi connectivity index (χ2n) is 8.79. The van der Waals surface area contributed by atoms with Crippen LogP contribution in [0.2, 0.25) is 6.32 Å². The Morgan fingerprint density at radius 3 is 2.29 bits per heavy atom. The Morgan fingerprint density at radius 2 is 1.54 bits per heavy atom. The van der Waals surface area contributed by atoms with Crippen molar-refractivity contribution in [3.8, 4) is 0 Å². The van der Waals surface area contributed by atoms with Crippen LogP contribution in [0.1, 0.15) is 45.7 Å². The molecule has 0 N–H and O–H groups in total. The SMILES string of the molecule is CC(C)(C)C(C)(C)CBc1ccc2c(c1)CCc1ccccc1S2. The molecule has 0 amide bonds. The van der Waals surface area contributed by atoms with Crippen molar-refractivity contribution >= 4 is 24.5 Å². The van der Waals surface area contributed by atoms with E-state index in [1.165, 1.54) is 40.0 Å². The zero-order valence-corrected chi connectivity index (χ0v) is 16.6. The predicted octanol–water partition coefficient (Wildman–Crippen LogP) is 5.49. The molecule has 0 bridgehead atoms. The number of benzene rings is 2. The maximum Gasteiger partial charge on any atom is 0.158 e. The van der Waals surface area contributed by atoms with Crippen molar-refractivity contribution in [2.45, 2.75) is 63.6 Å². The average molecular weight is 336 g/mol. The van der Waals surface area contributed by atoms with Gasteiger partial charge in [-0.1, -0.05) is 88.5 Å². The van der Waals surface area contributed by atoms with E-state index in [1.807, 2.05) is 11.8 Å². The fraction of sp³-hybridized carbons (Fsp3) is 0.455. The maximum atomic E-state index is 2.47. The quantitative estimate of drug-likeness (QED) is 0.668. The van der Waals surface area contributed by atoms with E-state index in [9.17, 15) is 0 Å². The van der Waals surface area contributed by atoms with Crippen LogP contribution in [0.25, 0.3) is 0 Å². The minimum atomic E-state index is 0.343. The lowest BCUT2D eigenvalue weighted by molar-refractivity contribution is 0.157. The van der Waals surface area contributed by atoms with Gasteiger partial charge in [0, 0.05) is 9.79 Å². The predicted molar refractivity (Wildman–Crippen MR) is 109 cm³/mol. The lowest BCUT2D eigenvalue weighted by atomic mass is 9.53. The van der Waals surface area contributed by atoms with Crippen molar-refractivity contribution in [1.82, 2.24) is 0 Å². The Labute approximate surface area is 152 Å². The molecule has 0 aromatic heterocycles. The number of fused-ring (bicyclic) bond motifs is 2. The topological polar surface area (TPSA) is 0 Å². The second-order valence-corrected chi connectivity index (χ2v) is 9.87. The van der Waals surface area contributed by atoms with Gasteiger partial charge >= 0.3 is 0 Å². The Hall–Kier alpha value is -1.15. The van der Waals surface area contributed by atoms with Crippen LogP contribution < -0.4 is 5.46 Å². The minimum absolute atomic E-state index is 0.343. The second kappa shape index (κ2) is 6.63. The van der Waals surface area contributed by atoms with Crippen LogP contribution in [0.4, 0.5) is 0 Å². The van der Waals surface area contributed by atoms with Gasteiger partial charge in [0.2, 0.25) is 0 Å². The lowest BCUT2D eigenvalue weighted by Crippen LogP contribution is -2.33. The van der Waals surface area contributed by atoms with E-state index in [0.29, 0.717) is 10.8 Å². The highest BCUT2D eigenvalue weighted by atomic mass is 32.2. The highest BCUT2D eigenvalue weighted by Crippen LogP contribution is 2.41. The molecule has 0 saturated heterocycles. The number of rotatable bonds is 3. The molecule has 0 fully saturated rings. The van der Waals surface area contributed by atoms with Gasteiger partial charge < -0.3 is 0 Å². The van der Waals surface area contributed by atoms with E-state index < -0.39 is 0 Å². The van der Waals surface area contributed by atoms with Crippen molar-refractivity contribution in [1.29, 1.82) is 0 Å². The van der Waals surface area contributed by atoms with Crippen molar-refractivity contribution in [3.05, 3.63) is 53.6 Å². The van der Waals surface area contributed by atoms with Gasteiger partial charge in [-0.05, 0) is 46.9 Å². The van der Waals surface area contributed by atoms with E-state index >= 15 is 0 Å². The standard InChI is InChI=1S/C22H29BS/c1-21(2,3)22(4,5)15-23-18-12-13-20-17(14-18)11-10-16-8-6-7-9-19(16)24-20/h6-9,12-14,23H,10-11,15H2,1-5H3. The van der Waals surface area contributed by atoms with Crippen LogP contribution in [-0.4, -0.2) is 7.28 Å². The van der Waals surface area contributed by atoms with Crippen molar-refractivity contribution < 1.29 is 0 Å². The summed E-state index contributed by atoms with van der Waals surface area (Å²) in [4.78, 5) is 2.87. The van der Waals surface area contributed by atoms with Crippen LogP contribution in [-0.2, 0) is 12.8 Å². The molecule has 0 saturated carbocycles. The van der Waals surface area contributed by atoms with Crippen LogP contribution in [0.3, 0.4) is 0 Å². The average Bonchev–Trinajstić information content (AvgIpc) is 2.70. The Bertz CT molecular complexity index is 725. The van der Waals surface area contributed by atoms with Gasteiger partial charge in [-0.15, -0.1) is 0 Å². The molecule has 2 heteroatoms. The van der Waals surface area contributed by atoms with E-state index in [2.05, 4.69) is 77.1 Å². The number of aryl methyl sites for hydroxylation is 2. The highest BCUT2D eigenvalue weighted by Gasteiger charge is 2.32. The van der Waals surface area contributed by atoms with E-state index in [1.54, 1.807) is 0 Å². The summed E-state index contributed by atoms with van der Waals surface area (Å²) in [7, 11) is 1.18. The third kappa shape index (κ3) is 3.74. The third-order valence-corrected chi connectivity index (χ3v) is 7.29. The molecule has 1 aliphatic rings. The van der Waals surface area contributed by atoms with Gasteiger partial charge in [0.15, 0.2) is 7.28 Å². The van der Waals surface area contributed by atoms with Crippen LogP contribution in [0, 0.1) is 10.8 Å². The third-order valence-electron chi connectivity index (χ3n) is 6.05. The van der Waals surface area contributed by atoms with E-state index in [-0.39, 0.29) is 0 Å². The molecule has 24 heavy (non-hydrogen) atoms. The summed E-state index contributed by atoms with van der Waals surface area (Å²) in [5.41, 5.74) is 5.22. The van der Waals surface area contributed by atoms with E-state index in [0.717, 1.165) is 12.8 Å². The maximum absolute atomic E-state index is 2.47. The Balaban J connectivity index is 1.76. The normalized spacial score (nSPS) is 14.5. The molecule has 2 aromatic carbocycles. The summed E-state index contributed by atoms with van der Waals surface area (Å²) in [5, 5.41) is 0. The first-order valence-corrected chi connectivity index (χ1v) is 9.95. The molecule has 2 aromatic rings. The molecule has 3 rings (SSSR count). The minimum Gasteiger partial charge on any atom is -0.0895 e. The monoisotopic (exact) mass is 336 g/mol. The summed E-state index contributed by atoms with van der Waals surface area (Å²) in [6.45, 7) is 11.9. The van der Waals surface area contributed by atoms with Gasteiger partial charge in [-0.2, -0.15) is 0 Å². The summed E-state index contributed by atoms with van der Waals surface area (Å²) >= 11 is 1.94. The van der Waals surface area contributed by atoms with Gasteiger partial charge in [-0.3, -0.25) is 0 Å². The molecule has 1 heterocycles. The molecule has 0 nitrogen and oxygen atoms in total. The molecular formula is C22H29BS. The molecule has 0 spiro atoms. The molecule has 1 aliphatic heterocycles. The van der Waals surface area contributed by atoms with Gasteiger partial charge in [0.05, 0.1) is 0 Å². The lowest BCUT2D eigenvalue weighted by Gasteiger charge is -2.39. The molecule has 0 atom stereocenters. The van der Waals surface area contributed by atoms with Gasteiger partial charge in [0.1, 0.15) is 0 Å². The smallest absolute Gasteiger partial charge is 0.0895 e. The van der Waals surface area contributed by atoms with E-state index in [4.69, 9.17) is 0 Å².